The number of aromatic nitrogens is 1. The minimum atomic E-state index is -1.01. The molecule has 3 N–H and O–H groups in total. The number of halogens is 2. The van der Waals surface area contributed by atoms with E-state index in [2.05, 4.69) is 33.0 Å². The Morgan fingerprint density at radius 1 is 1.27 bits per heavy atom. The second kappa shape index (κ2) is 6.80. The number of aliphatic hydroxyl groups is 2. The molecule has 0 radical (unpaired) electrons. The van der Waals surface area contributed by atoms with E-state index < -0.39 is 24.5 Å². The summed E-state index contributed by atoms with van der Waals surface area (Å²) in [5.41, 5.74) is 4.89. The highest BCUT2D eigenvalue weighted by molar-refractivity contribution is 14.1. The lowest BCUT2D eigenvalue weighted by Gasteiger charge is -2.26. The predicted octanol–water partition coefficient (Wildman–Crippen LogP) is 2.37. The minimum absolute atomic E-state index is 0.289. The van der Waals surface area contributed by atoms with Gasteiger partial charge in [0.25, 0.3) is 0 Å². The summed E-state index contributed by atoms with van der Waals surface area (Å²) in [7, 11) is 0. The van der Waals surface area contributed by atoms with E-state index in [9.17, 15) is 14.6 Å². The molecule has 0 amide bonds. The van der Waals surface area contributed by atoms with E-state index in [1.54, 1.807) is 35.0 Å². The number of anilines is 1. The van der Waals surface area contributed by atoms with Crippen LogP contribution >= 0.6 is 22.6 Å². The average Bonchev–Trinajstić information content (AvgIpc) is 3.08. The Bertz CT molecular complexity index is 841. The van der Waals surface area contributed by atoms with Crippen molar-refractivity contribution in [1.29, 1.82) is 0 Å². The second-order valence-corrected chi connectivity index (χ2v) is 7.55. The standard InChI is InChI=1S/C17H18FIN4O3/c1-9-14(24)15(25)17(26-9)23-7-13(19)12-6-22(8-20-16(12)23)21-11-4-2-10(18)3-5-11/h2-5,7-9,14-15,17,21,24-25H,6H2,1H3/t9-,14-,15-,17-/m1/s1. The summed E-state index contributed by atoms with van der Waals surface area (Å²) < 4.78 is 21.5. The highest BCUT2D eigenvalue weighted by atomic mass is 127. The molecule has 0 saturated carbocycles. The van der Waals surface area contributed by atoms with Crippen LogP contribution in [-0.2, 0) is 11.3 Å². The molecule has 0 spiro atoms. The molecule has 26 heavy (non-hydrogen) atoms. The van der Waals surface area contributed by atoms with Crippen molar-refractivity contribution in [2.75, 3.05) is 5.43 Å². The van der Waals surface area contributed by atoms with E-state index in [1.165, 1.54) is 12.1 Å². The molecular weight excluding hydrogens is 454 g/mol. The van der Waals surface area contributed by atoms with Crippen molar-refractivity contribution in [3.8, 4) is 0 Å². The largest absolute Gasteiger partial charge is 0.388 e. The third-order valence-electron chi connectivity index (χ3n) is 4.57. The van der Waals surface area contributed by atoms with Crippen LogP contribution in [0.25, 0.3) is 0 Å². The van der Waals surface area contributed by atoms with Gasteiger partial charge in [-0.05, 0) is 53.8 Å². The lowest BCUT2D eigenvalue weighted by Crippen LogP contribution is -2.31. The van der Waals surface area contributed by atoms with Crippen LogP contribution in [0.5, 0.6) is 0 Å². The maximum Gasteiger partial charge on any atom is 0.164 e. The molecule has 1 aromatic heterocycles. The second-order valence-electron chi connectivity index (χ2n) is 6.39. The number of hydrogen-bond donors (Lipinski definition) is 3. The summed E-state index contributed by atoms with van der Waals surface area (Å²) in [5.74, 6) is 0.403. The summed E-state index contributed by atoms with van der Waals surface area (Å²) in [6.07, 6.45) is 0.436. The number of aliphatic hydroxyl groups excluding tert-OH is 2. The number of hydrogen-bond acceptors (Lipinski definition) is 6. The number of ether oxygens (including phenoxy) is 1. The van der Waals surface area contributed by atoms with Crippen molar-refractivity contribution in [3.63, 3.8) is 0 Å². The molecule has 4 rings (SSSR count). The van der Waals surface area contributed by atoms with Crippen molar-refractivity contribution in [3.05, 3.63) is 45.4 Å². The third-order valence-corrected chi connectivity index (χ3v) is 5.50. The molecule has 1 aromatic carbocycles. The Kier molecular flexibility index (Phi) is 4.63. The molecule has 138 valence electrons. The zero-order valence-corrected chi connectivity index (χ0v) is 16.0. The maximum atomic E-state index is 13.0. The Morgan fingerprint density at radius 3 is 2.65 bits per heavy atom. The van der Waals surface area contributed by atoms with Crippen LogP contribution in [0.4, 0.5) is 15.9 Å². The van der Waals surface area contributed by atoms with Gasteiger partial charge in [-0.2, -0.15) is 0 Å². The summed E-state index contributed by atoms with van der Waals surface area (Å²) >= 11 is 2.22. The number of benzene rings is 1. The van der Waals surface area contributed by atoms with Crippen molar-refractivity contribution in [2.45, 2.75) is 38.0 Å². The molecule has 0 aliphatic carbocycles. The zero-order chi connectivity index (χ0) is 18.4. The number of nitrogens with zero attached hydrogens (tertiary/aromatic N) is 3. The van der Waals surface area contributed by atoms with E-state index in [0.717, 1.165) is 14.8 Å². The first kappa shape index (κ1) is 17.7. The normalized spacial score (nSPS) is 27.7. The topological polar surface area (TPSA) is 82.2 Å². The van der Waals surface area contributed by atoms with Gasteiger partial charge in [-0.1, -0.05) is 0 Å². The Morgan fingerprint density at radius 2 is 2.00 bits per heavy atom. The van der Waals surface area contributed by atoms with Crippen molar-refractivity contribution >= 4 is 40.4 Å². The van der Waals surface area contributed by atoms with Gasteiger partial charge in [0, 0.05) is 15.3 Å². The van der Waals surface area contributed by atoms with Gasteiger partial charge in [0.05, 0.1) is 18.3 Å². The summed E-state index contributed by atoms with van der Waals surface area (Å²) in [6.45, 7) is 2.27. The quantitative estimate of drug-likeness (QED) is 0.598. The summed E-state index contributed by atoms with van der Waals surface area (Å²) in [6, 6.07) is 6.08. The average molecular weight is 472 g/mol. The fraction of sp³-hybridized carbons (Fsp3) is 0.353. The first-order valence-corrected chi connectivity index (χ1v) is 9.26. The van der Waals surface area contributed by atoms with Gasteiger partial charge in [0.1, 0.15) is 30.2 Å². The van der Waals surface area contributed by atoms with E-state index >= 15 is 0 Å². The number of fused-ring (bicyclic) bond motifs is 1. The fourth-order valence-corrected chi connectivity index (χ4v) is 3.87. The minimum Gasteiger partial charge on any atom is -0.388 e. The molecule has 3 heterocycles. The molecule has 9 heteroatoms. The molecule has 1 fully saturated rings. The van der Waals surface area contributed by atoms with Crippen LogP contribution in [0.2, 0.25) is 0 Å². The van der Waals surface area contributed by atoms with Gasteiger partial charge < -0.3 is 19.5 Å². The third kappa shape index (κ3) is 3.08. The molecule has 2 aromatic rings. The SMILES string of the molecule is C[C@H]1O[C@@H](n2cc(I)c3c2N=CN(Nc2ccc(F)cc2)C3)[C@H](O)[C@@H]1O. The lowest BCUT2D eigenvalue weighted by molar-refractivity contribution is -0.0309. The molecule has 0 unspecified atom stereocenters. The smallest absolute Gasteiger partial charge is 0.164 e. The van der Waals surface area contributed by atoms with E-state index in [1.807, 2.05) is 6.20 Å². The van der Waals surface area contributed by atoms with E-state index in [-0.39, 0.29) is 5.82 Å². The number of rotatable bonds is 3. The first-order chi connectivity index (χ1) is 12.4. The zero-order valence-electron chi connectivity index (χ0n) is 13.9. The van der Waals surface area contributed by atoms with Crippen molar-refractivity contribution in [2.24, 2.45) is 4.99 Å². The van der Waals surface area contributed by atoms with Gasteiger partial charge in [0.15, 0.2) is 6.23 Å². The van der Waals surface area contributed by atoms with Crippen LogP contribution in [0.15, 0.2) is 35.5 Å². The number of hydrazine groups is 1. The molecule has 1 saturated heterocycles. The number of nitrogens with one attached hydrogen (secondary N) is 1. The summed E-state index contributed by atoms with van der Waals surface area (Å²) in [4.78, 5) is 4.49. The Balaban J connectivity index is 1.57. The molecule has 2 aliphatic heterocycles. The lowest BCUT2D eigenvalue weighted by atomic mass is 10.1. The summed E-state index contributed by atoms with van der Waals surface area (Å²) in [5, 5.41) is 22.0. The highest BCUT2D eigenvalue weighted by Gasteiger charge is 2.42. The van der Waals surface area contributed by atoms with E-state index in [0.29, 0.717) is 12.4 Å². The first-order valence-electron chi connectivity index (χ1n) is 8.18. The molecule has 2 aliphatic rings. The maximum absolute atomic E-state index is 13.0. The molecule has 7 nitrogen and oxygen atoms in total. The Hall–Kier alpha value is -1.69. The van der Waals surface area contributed by atoms with Crippen LogP contribution in [-0.4, -0.2) is 44.4 Å². The van der Waals surface area contributed by atoms with Gasteiger partial charge in [-0.25, -0.2) is 9.38 Å². The van der Waals surface area contributed by atoms with Crippen molar-refractivity contribution < 1.29 is 19.3 Å². The van der Waals surface area contributed by atoms with Crippen molar-refractivity contribution in [1.82, 2.24) is 9.58 Å². The monoisotopic (exact) mass is 472 g/mol. The fourth-order valence-electron chi connectivity index (χ4n) is 3.16. The van der Waals surface area contributed by atoms with E-state index in [4.69, 9.17) is 4.74 Å². The highest BCUT2D eigenvalue weighted by Crippen LogP contribution is 2.38. The van der Waals surface area contributed by atoms with Gasteiger partial charge in [-0.15, -0.1) is 0 Å². The molecule has 0 bridgehead atoms. The predicted molar refractivity (Wildman–Crippen MR) is 102 cm³/mol. The Labute approximate surface area is 163 Å². The molecule has 4 atom stereocenters. The van der Waals surface area contributed by atoms with Crippen LogP contribution in [0.3, 0.4) is 0 Å². The van der Waals surface area contributed by atoms with Crippen LogP contribution < -0.4 is 5.43 Å². The van der Waals surface area contributed by atoms with Gasteiger partial charge >= 0.3 is 0 Å². The molecular formula is C17H18FIN4O3. The van der Waals surface area contributed by atoms with Gasteiger partial charge in [0.2, 0.25) is 0 Å². The van der Waals surface area contributed by atoms with Gasteiger partial charge in [-0.3, -0.25) is 10.4 Å². The van der Waals surface area contributed by atoms with Crippen LogP contribution in [0, 0.1) is 9.39 Å². The number of aliphatic imine (C=N–C) groups is 1. The van der Waals surface area contributed by atoms with Crippen LogP contribution in [0.1, 0.15) is 18.7 Å².